The molecule has 0 aromatic heterocycles. The lowest BCUT2D eigenvalue weighted by molar-refractivity contribution is -0.151. The summed E-state index contributed by atoms with van der Waals surface area (Å²) < 4.78 is 0.979. The van der Waals surface area contributed by atoms with Crippen molar-refractivity contribution in [2.45, 2.75) is 46.1 Å². The minimum atomic E-state index is -1.04. The fraction of sp³-hybridized carbons (Fsp3) is 0.500. The van der Waals surface area contributed by atoms with Crippen LogP contribution in [0, 0.1) is 5.41 Å². The van der Waals surface area contributed by atoms with Crippen LogP contribution in [0.3, 0.4) is 0 Å². The highest BCUT2D eigenvalue weighted by Gasteiger charge is 2.44. The first-order valence-electron chi connectivity index (χ1n) is 6.85. The van der Waals surface area contributed by atoms with Gasteiger partial charge in [-0.15, -0.1) is 0 Å². The van der Waals surface area contributed by atoms with Crippen molar-refractivity contribution in [2.75, 3.05) is 0 Å². The molecule has 1 amide bonds. The van der Waals surface area contributed by atoms with E-state index in [0.717, 1.165) is 10.0 Å². The molecule has 1 aromatic rings. The molecule has 0 radical (unpaired) electrons. The van der Waals surface area contributed by atoms with E-state index in [9.17, 15) is 14.7 Å². The fourth-order valence-corrected chi connectivity index (χ4v) is 2.23. The first-order valence-corrected chi connectivity index (χ1v) is 7.64. The number of hydrogen-bond acceptors (Lipinski definition) is 2. The van der Waals surface area contributed by atoms with Crippen LogP contribution in [-0.4, -0.2) is 22.5 Å². The van der Waals surface area contributed by atoms with Crippen LogP contribution in [0.25, 0.3) is 0 Å². The Morgan fingerprint density at radius 1 is 1.24 bits per heavy atom. The van der Waals surface area contributed by atoms with Crippen LogP contribution in [0.15, 0.2) is 28.7 Å². The third-order valence-electron chi connectivity index (χ3n) is 4.08. The Morgan fingerprint density at radius 3 is 2.38 bits per heavy atom. The number of rotatable bonds is 6. The second-order valence-corrected chi connectivity index (χ2v) is 7.15. The number of carboxylic acid groups (broad SMARTS) is 1. The molecule has 0 spiro atoms. The van der Waals surface area contributed by atoms with Crippen LogP contribution in [0.4, 0.5) is 0 Å². The van der Waals surface area contributed by atoms with Crippen molar-refractivity contribution in [3.8, 4) is 0 Å². The van der Waals surface area contributed by atoms with E-state index in [0.29, 0.717) is 12.8 Å². The first-order chi connectivity index (χ1) is 9.56. The molecule has 4 nitrogen and oxygen atoms in total. The average Bonchev–Trinajstić information content (AvgIpc) is 2.35. The molecule has 0 unspecified atom stereocenters. The third-order valence-corrected chi connectivity index (χ3v) is 4.57. The van der Waals surface area contributed by atoms with E-state index in [-0.39, 0.29) is 5.91 Å². The molecule has 0 fully saturated rings. The molecular formula is C16H22BrNO3. The molecule has 5 heteroatoms. The highest BCUT2D eigenvalue weighted by atomic mass is 79.9. The minimum Gasteiger partial charge on any atom is -0.481 e. The summed E-state index contributed by atoms with van der Waals surface area (Å²) in [6.07, 6.45) is 0.949. The van der Waals surface area contributed by atoms with E-state index in [1.807, 2.05) is 24.3 Å². The van der Waals surface area contributed by atoms with Crippen molar-refractivity contribution >= 4 is 27.8 Å². The molecule has 0 saturated carbocycles. The maximum atomic E-state index is 12.1. The number of aliphatic carboxylic acids is 1. The predicted molar refractivity (Wildman–Crippen MR) is 86.1 cm³/mol. The number of halogens is 1. The molecule has 0 saturated heterocycles. The van der Waals surface area contributed by atoms with Crippen molar-refractivity contribution in [3.63, 3.8) is 0 Å². The van der Waals surface area contributed by atoms with Crippen molar-refractivity contribution in [1.82, 2.24) is 5.32 Å². The Morgan fingerprint density at radius 2 is 1.86 bits per heavy atom. The van der Waals surface area contributed by atoms with Crippen molar-refractivity contribution in [2.24, 2.45) is 5.41 Å². The molecule has 1 rings (SSSR count). The van der Waals surface area contributed by atoms with E-state index < -0.39 is 16.9 Å². The summed E-state index contributed by atoms with van der Waals surface area (Å²) in [5.74, 6) is -1.07. The van der Waals surface area contributed by atoms with Crippen LogP contribution < -0.4 is 5.32 Å². The highest BCUT2D eigenvalue weighted by molar-refractivity contribution is 9.10. The average molecular weight is 356 g/mol. The van der Waals surface area contributed by atoms with Crippen LogP contribution in [-0.2, 0) is 16.0 Å². The third kappa shape index (κ3) is 4.56. The van der Waals surface area contributed by atoms with Crippen LogP contribution in [0.2, 0.25) is 0 Å². The summed E-state index contributed by atoms with van der Waals surface area (Å²) >= 11 is 3.39. The molecule has 0 aliphatic heterocycles. The van der Waals surface area contributed by atoms with Gasteiger partial charge in [-0.1, -0.05) is 28.1 Å². The van der Waals surface area contributed by atoms with Gasteiger partial charge in [-0.25, -0.2) is 0 Å². The predicted octanol–water partition coefficient (Wildman–Crippen LogP) is 3.39. The number of carboxylic acids is 1. The number of aryl methyl sites for hydroxylation is 1. The normalized spacial score (nSPS) is 12.0. The molecule has 0 aliphatic carbocycles. The van der Waals surface area contributed by atoms with Crippen LogP contribution in [0.1, 0.15) is 39.7 Å². The second kappa shape index (κ2) is 6.60. The van der Waals surface area contributed by atoms with Crippen molar-refractivity contribution in [1.29, 1.82) is 0 Å². The second-order valence-electron chi connectivity index (χ2n) is 6.23. The van der Waals surface area contributed by atoms with Gasteiger partial charge in [0.2, 0.25) is 5.91 Å². The minimum absolute atomic E-state index is 0.144. The highest BCUT2D eigenvalue weighted by Crippen LogP contribution is 2.30. The maximum absolute atomic E-state index is 12.1. The lowest BCUT2D eigenvalue weighted by Crippen LogP contribution is -2.57. The van der Waals surface area contributed by atoms with Gasteiger partial charge in [0.15, 0.2) is 0 Å². The summed E-state index contributed by atoms with van der Waals surface area (Å²) in [6.45, 7) is 6.70. The molecule has 1 aromatic carbocycles. The van der Waals surface area contributed by atoms with Crippen molar-refractivity contribution < 1.29 is 14.7 Å². The van der Waals surface area contributed by atoms with Gasteiger partial charge in [-0.3, -0.25) is 9.59 Å². The van der Waals surface area contributed by atoms with Gasteiger partial charge in [0, 0.05) is 16.4 Å². The quantitative estimate of drug-likeness (QED) is 0.821. The van der Waals surface area contributed by atoms with E-state index in [2.05, 4.69) is 21.2 Å². The SMILES string of the molecule is CC(C)(NC(=O)CCc1cccc(Br)c1)C(C)(C)C(=O)O. The summed E-state index contributed by atoms with van der Waals surface area (Å²) in [5.41, 5.74) is -0.805. The molecular weight excluding hydrogens is 334 g/mol. The summed E-state index contributed by atoms with van der Waals surface area (Å²) in [5, 5.41) is 12.1. The molecule has 2 N–H and O–H groups in total. The summed E-state index contributed by atoms with van der Waals surface area (Å²) in [4.78, 5) is 23.4. The summed E-state index contributed by atoms with van der Waals surface area (Å²) in [7, 11) is 0. The largest absolute Gasteiger partial charge is 0.481 e. The Bertz CT molecular complexity index is 538. The molecule has 0 bridgehead atoms. The lowest BCUT2D eigenvalue weighted by atomic mass is 9.74. The monoisotopic (exact) mass is 355 g/mol. The Kier molecular flexibility index (Phi) is 5.56. The Labute approximate surface area is 134 Å². The van der Waals surface area contributed by atoms with E-state index in [1.54, 1.807) is 27.7 Å². The van der Waals surface area contributed by atoms with Gasteiger partial charge in [-0.05, 0) is 51.8 Å². The summed E-state index contributed by atoms with van der Waals surface area (Å²) in [6, 6.07) is 7.79. The smallest absolute Gasteiger partial charge is 0.311 e. The van der Waals surface area contributed by atoms with Crippen molar-refractivity contribution in [3.05, 3.63) is 34.3 Å². The van der Waals surface area contributed by atoms with Gasteiger partial charge >= 0.3 is 5.97 Å². The zero-order chi connectivity index (χ0) is 16.3. The zero-order valence-electron chi connectivity index (χ0n) is 12.9. The zero-order valence-corrected chi connectivity index (χ0v) is 14.5. The van der Waals surface area contributed by atoms with E-state index in [4.69, 9.17) is 0 Å². The number of carbonyl (C=O) groups excluding carboxylic acids is 1. The number of amides is 1. The fourth-order valence-electron chi connectivity index (χ4n) is 1.78. The molecule has 21 heavy (non-hydrogen) atoms. The van der Waals surface area contributed by atoms with Gasteiger partial charge in [0.25, 0.3) is 0 Å². The maximum Gasteiger partial charge on any atom is 0.311 e. The lowest BCUT2D eigenvalue weighted by Gasteiger charge is -2.38. The Hall–Kier alpha value is -1.36. The van der Waals surface area contributed by atoms with Gasteiger partial charge in [0.1, 0.15) is 0 Å². The van der Waals surface area contributed by atoms with Gasteiger partial charge in [-0.2, -0.15) is 0 Å². The molecule has 0 aliphatic rings. The van der Waals surface area contributed by atoms with E-state index in [1.165, 1.54) is 0 Å². The van der Waals surface area contributed by atoms with Crippen LogP contribution >= 0.6 is 15.9 Å². The molecule has 0 atom stereocenters. The standard InChI is InChI=1S/C16H22BrNO3/c1-15(2,14(20)21)16(3,4)18-13(19)9-8-11-6-5-7-12(17)10-11/h5-7,10H,8-9H2,1-4H3,(H,18,19)(H,20,21). The topological polar surface area (TPSA) is 66.4 Å². The first kappa shape index (κ1) is 17.7. The van der Waals surface area contributed by atoms with Gasteiger partial charge < -0.3 is 10.4 Å². The number of nitrogens with one attached hydrogen (secondary N) is 1. The van der Waals surface area contributed by atoms with E-state index >= 15 is 0 Å². The Balaban J connectivity index is 2.63. The number of hydrogen-bond donors (Lipinski definition) is 2. The number of carbonyl (C=O) groups is 2. The van der Waals surface area contributed by atoms with Gasteiger partial charge in [0.05, 0.1) is 5.41 Å². The molecule has 116 valence electrons. The molecule has 0 heterocycles. The van der Waals surface area contributed by atoms with Crippen LogP contribution in [0.5, 0.6) is 0 Å². The number of benzene rings is 1.